The lowest BCUT2D eigenvalue weighted by atomic mass is 9.81. The average molecular weight is 421 g/mol. The molecular weight excluding hydrogens is 392 g/mol. The van der Waals surface area contributed by atoms with Gasteiger partial charge in [-0.3, -0.25) is 9.78 Å². The Balaban J connectivity index is 2.12. The molecule has 2 aromatic heterocycles. The van der Waals surface area contributed by atoms with E-state index in [-0.39, 0.29) is 11.2 Å². The van der Waals surface area contributed by atoms with Crippen molar-refractivity contribution in [3.8, 4) is 17.0 Å². The van der Waals surface area contributed by atoms with E-state index in [0.717, 1.165) is 16.8 Å². The van der Waals surface area contributed by atoms with Crippen LogP contribution in [0.1, 0.15) is 54.7 Å². The minimum absolute atomic E-state index is 0.0988. The fourth-order valence-corrected chi connectivity index (χ4v) is 3.62. The molecule has 1 atom stereocenters. The van der Waals surface area contributed by atoms with Gasteiger partial charge in [0.1, 0.15) is 11.5 Å². The van der Waals surface area contributed by atoms with Gasteiger partial charge < -0.3 is 14.5 Å². The highest BCUT2D eigenvalue weighted by Gasteiger charge is 2.30. The molecule has 6 heteroatoms. The van der Waals surface area contributed by atoms with Crippen LogP contribution in [0.3, 0.4) is 0 Å². The molecule has 3 aromatic rings. The summed E-state index contributed by atoms with van der Waals surface area (Å²) in [6, 6.07) is 12.7. The van der Waals surface area contributed by atoms with Crippen molar-refractivity contribution >= 4 is 11.8 Å². The summed E-state index contributed by atoms with van der Waals surface area (Å²) in [5.74, 6) is -0.216. The van der Waals surface area contributed by atoms with Crippen LogP contribution in [-0.2, 0) is 9.53 Å². The van der Waals surface area contributed by atoms with Crippen molar-refractivity contribution in [1.82, 2.24) is 9.97 Å². The first-order valence-electron chi connectivity index (χ1n) is 10.1. The predicted molar refractivity (Wildman–Crippen MR) is 119 cm³/mol. The highest BCUT2D eigenvalue weighted by molar-refractivity contribution is 5.91. The topological polar surface area (TPSA) is 81.3 Å². The van der Waals surface area contributed by atoms with E-state index >= 15 is 0 Å². The molecule has 0 saturated carbocycles. The number of hydrogen-bond acceptors (Lipinski definition) is 5. The second kappa shape index (κ2) is 9.16. The molecule has 162 valence electrons. The highest BCUT2D eigenvalue weighted by Crippen LogP contribution is 2.37. The number of nitrogens with zero attached hydrogens (tertiary/aromatic N) is 1. The third-order valence-electron chi connectivity index (χ3n) is 4.98. The van der Waals surface area contributed by atoms with Gasteiger partial charge in [-0.05, 0) is 47.9 Å². The third-order valence-corrected chi connectivity index (χ3v) is 4.98. The Hall–Kier alpha value is -3.41. The van der Waals surface area contributed by atoms with E-state index < -0.39 is 11.9 Å². The van der Waals surface area contributed by atoms with Crippen LogP contribution in [0.25, 0.3) is 11.3 Å². The van der Waals surface area contributed by atoms with Gasteiger partial charge in [0.15, 0.2) is 0 Å². The lowest BCUT2D eigenvalue weighted by Crippen LogP contribution is -2.21. The Morgan fingerprint density at radius 1 is 1.10 bits per heavy atom. The zero-order valence-corrected chi connectivity index (χ0v) is 18.6. The second-order valence-electron chi connectivity index (χ2n) is 8.64. The SMILES string of the molecule is COC(=O)c1ccnc(-c2ccc(OC)c(C(C(=O)CC(C)(C)C)c3ccc[nH]3)c2)c1. The van der Waals surface area contributed by atoms with E-state index in [9.17, 15) is 9.59 Å². The quantitative estimate of drug-likeness (QED) is 0.544. The van der Waals surface area contributed by atoms with Gasteiger partial charge >= 0.3 is 5.97 Å². The van der Waals surface area contributed by atoms with Crippen LogP contribution in [-0.4, -0.2) is 35.9 Å². The molecule has 0 saturated heterocycles. The van der Waals surface area contributed by atoms with Gasteiger partial charge in [0.05, 0.1) is 31.4 Å². The average Bonchev–Trinajstić information content (AvgIpc) is 3.26. The maximum atomic E-state index is 13.4. The van der Waals surface area contributed by atoms with Crippen LogP contribution in [0.2, 0.25) is 0 Å². The van der Waals surface area contributed by atoms with E-state index in [1.165, 1.54) is 7.11 Å². The third kappa shape index (κ3) is 5.20. The first kappa shape index (κ1) is 22.3. The number of ketones is 1. The van der Waals surface area contributed by atoms with Crippen molar-refractivity contribution in [2.45, 2.75) is 33.1 Å². The standard InChI is InChI=1S/C25H28N2O4/c1-25(2,3)15-21(28)23(19-7-6-11-26-19)18-13-16(8-9-22(18)30-4)20-14-17(10-12-27-20)24(29)31-5/h6-14,23,26H,15H2,1-5H3. The van der Waals surface area contributed by atoms with Gasteiger partial charge in [-0.25, -0.2) is 4.79 Å². The number of rotatable bonds is 7. The number of esters is 1. The van der Waals surface area contributed by atoms with Gasteiger partial charge in [-0.1, -0.05) is 20.8 Å². The number of hydrogen-bond donors (Lipinski definition) is 1. The first-order valence-corrected chi connectivity index (χ1v) is 10.1. The largest absolute Gasteiger partial charge is 0.496 e. The summed E-state index contributed by atoms with van der Waals surface area (Å²) in [5.41, 5.74) is 3.21. The molecule has 0 aliphatic carbocycles. The Morgan fingerprint density at radius 3 is 2.48 bits per heavy atom. The van der Waals surface area contributed by atoms with Crippen molar-refractivity contribution in [2.75, 3.05) is 14.2 Å². The normalized spacial score (nSPS) is 12.3. The fourth-order valence-electron chi connectivity index (χ4n) is 3.62. The molecule has 0 fully saturated rings. The van der Waals surface area contributed by atoms with E-state index in [4.69, 9.17) is 9.47 Å². The number of benzene rings is 1. The molecule has 0 amide bonds. The van der Waals surface area contributed by atoms with Crippen molar-refractivity contribution < 1.29 is 19.1 Å². The smallest absolute Gasteiger partial charge is 0.337 e. The van der Waals surface area contributed by atoms with Crippen LogP contribution in [0.15, 0.2) is 54.9 Å². The molecule has 0 aliphatic heterocycles. The number of methoxy groups -OCH3 is 2. The number of H-pyrrole nitrogens is 1. The van der Waals surface area contributed by atoms with Crippen LogP contribution in [0.5, 0.6) is 5.75 Å². The summed E-state index contributed by atoms with van der Waals surface area (Å²) in [6.45, 7) is 6.14. The number of carbonyl (C=O) groups is 2. The summed E-state index contributed by atoms with van der Waals surface area (Å²) < 4.78 is 10.4. The Labute approximate surface area is 182 Å². The molecule has 2 heterocycles. The Morgan fingerprint density at radius 2 is 1.87 bits per heavy atom. The number of pyridine rings is 1. The van der Waals surface area contributed by atoms with E-state index in [0.29, 0.717) is 23.4 Å². The molecule has 1 unspecified atom stereocenters. The van der Waals surface area contributed by atoms with E-state index in [1.54, 1.807) is 25.4 Å². The minimum Gasteiger partial charge on any atom is -0.496 e. The monoisotopic (exact) mass is 420 g/mol. The Bertz CT molecular complexity index is 1070. The number of nitrogens with one attached hydrogen (secondary N) is 1. The maximum absolute atomic E-state index is 13.4. The summed E-state index contributed by atoms with van der Waals surface area (Å²) in [4.78, 5) is 32.9. The van der Waals surface area contributed by atoms with E-state index in [2.05, 4.69) is 9.97 Å². The zero-order chi connectivity index (χ0) is 22.6. The lowest BCUT2D eigenvalue weighted by Gasteiger charge is -2.24. The molecule has 31 heavy (non-hydrogen) atoms. The van der Waals surface area contributed by atoms with Gasteiger partial charge in [0, 0.05) is 35.6 Å². The molecule has 6 nitrogen and oxygen atoms in total. The van der Waals surface area contributed by atoms with Crippen LogP contribution in [0, 0.1) is 5.41 Å². The molecule has 1 N–H and O–H groups in total. The molecule has 0 radical (unpaired) electrons. The molecular formula is C25H28N2O4. The van der Waals surface area contributed by atoms with Crippen LogP contribution in [0.4, 0.5) is 0 Å². The lowest BCUT2D eigenvalue weighted by molar-refractivity contribution is -0.121. The summed E-state index contributed by atoms with van der Waals surface area (Å²) in [7, 11) is 2.93. The number of aromatic amines is 1. The summed E-state index contributed by atoms with van der Waals surface area (Å²) in [5, 5.41) is 0. The maximum Gasteiger partial charge on any atom is 0.337 e. The number of Topliss-reactive ketones (excluding diaryl/α,β-unsaturated/α-hetero) is 1. The molecule has 3 rings (SSSR count). The predicted octanol–water partition coefficient (Wildman–Crippen LogP) is 5.01. The fraction of sp³-hybridized carbons (Fsp3) is 0.320. The minimum atomic E-state index is -0.507. The van der Waals surface area contributed by atoms with Crippen LogP contribution < -0.4 is 4.74 Å². The first-order chi connectivity index (χ1) is 14.7. The van der Waals surface area contributed by atoms with Gasteiger partial charge in [0.2, 0.25) is 0 Å². The Kier molecular flexibility index (Phi) is 6.59. The zero-order valence-electron chi connectivity index (χ0n) is 18.6. The highest BCUT2D eigenvalue weighted by atomic mass is 16.5. The van der Waals surface area contributed by atoms with Gasteiger partial charge in [-0.15, -0.1) is 0 Å². The van der Waals surface area contributed by atoms with Crippen molar-refractivity contribution in [2.24, 2.45) is 5.41 Å². The van der Waals surface area contributed by atoms with Crippen molar-refractivity contribution in [3.05, 3.63) is 71.7 Å². The number of aromatic nitrogens is 2. The van der Waals surface area contributed by atoms with Crippen molar-refractivity contribution in [3.63, 3.8) is 0 Å². The van der Waals surface area contributed by atoms with Gasteiger partial charge in [-0.2, -0.15) is 0 Å². The van der Waals surface area contributed by atoms with Crippen LogP contribution >= 0.6 is 0 Å². The second-order valence-corrected chi connectivity index (χ2v) is 8.64. The molecule has 0 bridgehead atoms. The van der Waals surface area contributed by atoms with Gasteiger partial charge in [0.25, 0.3) is 0 Å². The number of carbonyl (C=O) groups excluding carboxylic acids is 2. The van der Waals surface area contributed by atoms with E-state index in [1.807, 2.05) is 57.3 Å². The number of ether oxygens (including phenoxy) is 2. The van der Waals surface area contributed by atoms with Crippen molar-refractivity contribution in [1.29, 1.82) is 0 Å². The summed E-state index contributed by atoms with van der Waals surface area (Å²) >= 11 is 0. The molecule has 1 aromatic carbocycles. The molecule has 0 spiro atoms. The summed E-state index contributed by atoms with van der Waals surface area (Å²) in [6.07, 6.45) is 3.79. The molecule has 0 aliphatic rings.